The van der Waals surface area contributed by atoms with Crippen molar-refractivity contribution in [3.05, 3.63) is 55.3 Å². The van der Waals surface area contributed by atoms with Crippen LogP contribution in [-0.2, 0) is 36.9 Å². The van der Waals surface area contributed by atoms with Crippen LogP contribution in [0.25, 0.3) is 0 Å². The van der Waals surface area contributed by atoms with E-state index in [1.807, 2.05) is 38.1 Å². The Hall–Kier alpha value is -1.40. The Bertz CT molecular complexity index is 592. The van der Waals surface area contributed by atoms with Gasteiger partial charge < -0.3 is 5.11 Å². The number of ketones is 1. The molecule has 0 radical (unpaired) electrons. The Morgan fingerprint density at radius 2 is 1.61 bits per heavy atom. The van der Waals surface area contributed by atoms with Crippen molar-refractivity contribution >= 4 is 5.78 Å². The smallest absolute Gasteiger partial charge is 6.00 e. The molecule has 1 fully saturated rings. The minimum Gasteiger partial charge on any atom is 6.00 e. The third-order valence-electron chi connectivity index (χ3n) is 4.72. The predicted octanol–water partition coefficient (Wildman–Crippen LogP) is 2.39. The number of hydrogen-bond acceptors (Lipinski definition) is 2. The quantitative estimate of drug-likeness (QED) is 0.573. The molecule has 1 N–H and O–H groups in total. The topological polar surface area (TPSA) is 97.0 Å². The molecule has 2 aliphatic carbocycles. The number of benzene rings is 1. The maximum Gasteiger partial charge on any atom is 6.00 e. The van der Waals surface area contributed by atoms with E-state index in [1.54, 1.807) is 0 Å². The summed E-state index contributed by atoms with van der Waals surface area (Å²) in [6, 6.07) is 7.52. The summed E-state index contributed by atoms with van der Waals surface area (Å²) in [5, 5.41) is 11.0. The number of rotatable bonds is 0. The fourth-order valence-electron chi connectivity index (χ4n) is 3.61. The Labute approximate surface area is 146 Å². The average molecular weight is 352 g/mol. The largest absolute Gasteiger partial charge is 6.00 e. The van der Waals surface area contributed by atoms with Crippen LogP contribution in [0, 0.1) is 31.3 Å². The predicted molar refractivity (Wildman–Crippen MR) is 73.0 cm³/mol. The first-order valence-electron chi connectivity index (χ1n) is 6.50. The molecular formula is C17H16CrO5+6. The van der Waals surface area contributed by atoms with Gasteiger partial charge in [-0.2, -0.15) is 0 Å². The van der Waals surface area contributed by atoms with E-state index in [-0.39, 0.29) is 29.1 Å². The zero-order valence-electron chi connectivity index (χ0n) is 12.8. The molecule has 0 aliphatic heterocycles. The molecule has 1 saturated carbocycles. The average Bonchev–Trinajstić information content (AvgIpc) is 2.94. The van der Waals surface area contributed by atoms with Crippen LogP contribution in [0.4, 0.5) is 0 Å². The second-order valence-electron chi connectivity index (χ2n) is 5.41. The van der Waals surface area contributed by atoms with E-state index in [0.717, 1.165) is 24.0 Å². The normalized spacial score (nSPS) is 28.7. The maximum absolute atomic E-state index is 12.4. The van der Waals surface area contributed by atoms with Gasteiger partial charge in [-0.15, -0.1) is 0 Å². The molecule has 0 spiro atoms. The van der Waals surface area contributed by atoms with E-state index < -0.39 is 11.0 Å². The molecule has 0 aromatic heterocycles. The molecule has 1 aromatic rings. The van der Waals surface area contributed by atoms with Gasteiger partial charge in [0.2, 0.25) is 0 Å². The standard InChI is InChI=1S/C14H16O2.3CO.Cr/c1-9-7-8-13(2)12(15)10-5-3-4-6-11(10)14(9,13)16;3*1-2;/h3-6,9,16H,7-8H2,1-2H3;;;;/q;;;;+6. The summed E-state index contributed by atoms with van der Waals surface area (Å²) in [5.74, 6) is 0.278. The first-order chi connectivity index (χ1) is 10.5. The van der Waals surface area contributed by atoms with Crippen LogP contribution in [0.2, 0.25) is 0 Å². The van der Waals surface area contributed by atoms with Gasteiger partial charge in [0.1, 0.15) is 5.60 Å². The van der Waals surface area contributed by atoms with Crippen LogP contribution in [0.15, 0.2) is 24.3 Å². The van der Waals surface area contributed by atoms with Crippen molar-refractivity contribution in [3.8, 4) is 0 Å². The number of hydrogen-bond donors (Lipinski definition) is 1. The number of Topliss-reactive ketones (excluding diaryl/α,β-unsaturated/α-hetero) is 1. The van der Waals surface area contributed by atoms with Gasteiger partial charge >= 0.3 is 51.3 Å². The van der Waals surface area contributed by atoms with Crippen molar-refractivity contribution in [2.75, 3.05) is 0 Å². The number of fused-ring (bicyclic) bond motifs is 3. The van der Waals surface area contributed by atoms with Gasteiger partial charge in [0.25, 0.3) is 0 Å². The van der Waals surface area contributed by atoms with Crippen molar-refractivity contribution in [1.82, 2.24) is 0 Å². The summed E-state index contributed by atoms with van der Waals surface area (Å²) in [6.07, 6.45) is 1.71. The monoisotopic (exact) mass is 352 g/mol. The Kier molecular flexibility index (Phi) is 10.0. The third-order valence-corrected chi connectivity index (χ3v) is 4.72. The number of carbonyl (C=O) groups is 1. The van der Waals surface area contributed by atoms with Gasteiger partial charge in [-0.3, -0.25) is 4.79 Å². The van der Waals surface area contributed by atoms with E-state index >= 15 is 0 Å². The molecule has 0 heterocycles. The molecule has 3 atom stereocenters. The summed E-state index contributed by atoms with van der Waals surface area (Å²) in [5.41, 5.74) is 0.0168. The van der Waals surface area contributed by atoms with Gasteiger partial charge in [-0.1, -0.05) is 31.2 Å². The van der Waals surface area contributed by atoms with Gasteiger partial charge in [0.15, 0.2) is 5.78 Å². The minimum absolute atomic E-state index is 0. The zero-order valence-corrected chi connectivity index (χ0v) is 14.1. The molecule has 0 saturated heterocycles. The zero-order chi connectivity index (χ0) is 17.6. The number of carbonyl (C=O) groups excluding carboxylic acids is 1. The van der Waals surface area contributed by atoms with Gasteiger partial charge in [-0.05, 0) is 31.2 Å². The molecule has 114 valence electrons. The third kappa shape index (κ3) is 3.28. The van der Waals surface area contributed by atoms with E-state index in [1.165, 1.54) is 0 Å². The molecule has 5 nitrogen and oxygen atoms in total. The fourth-order valence-corrected chi connectivity index (χ4v) is 3.61. The Morgan fingerprint density at radius 3 is 2.13 bits per heavy atom. The second-order valence-corrected chi connectivity index (χ2v) is 5.41. The molecule has 0 bridgehead atoms. The van der Waals surface area contributed by atoms with Crippen LogP contribution in [0.3, 0.4) is 0 Å². The van der Waals surface area contributed by atoms with Crippen molar-refractivity contribution in [2.24, 2.45) is 11.3 Å². The van der Waals surface area contributed by atoms with Crippen LogP contribution < -0.4 is 0 Å². The van der Waals surface area contributed by atoms with E-state index in [2.05, 4.69) is 20.0 Å². The molecule has 2 aliphatic rings. The summed E-state index contributed by atoms with van der Waals surface area (Å²) in [4.78, 5) is 12.4. The van der Waals surface area contributed by atoms with E-state index in [4.69, 9.17) is 14.0 Å². The Morgan fingerprint density at radius 1 is 1.13 bits per heavy atom. The molecule has 3 rings (SSSR count). The summed E-state index contributed by atoms with van der Waals surface area (Å²) in [7, 11) is 0. The van der Waals surface area contributed by atoms with Crippen LogP contribution in [-0.4, -0.2) is 10.9 Å². The van der Waals surface area contributed by atoms with Crippen LogP contribution in [0.1, 0.15) is 42.6 Å². The Balaban J connectivity index is 0. The summed E-state index contributed by atoms with van der Waals surface area (Å²) < 4.78 is 22.5. The SMILES string of the molecule is CC1CCC2(C)C(=O)c3ccccc3C12O.[C-]#[O+].[C-]#[O+].[C-]#[O+].[Cr+6]. The molecule has 6 heteroatoms. The summed E-state index contributed by atoms with van der Waals surface area (Å²) >= 11 is 0. The molecule has 3 unspecified atom stereocenters. The van der Waals surface area contributed by atoms with Gasteiger partial charge in [0.05, 0.1) is 5.41 Å². The van der Waals surface area contributed by atoms with Gasteiger partial charge in [-0.25, -0.2) is 0 Å². The van der Waals surface area contributed by atoms with Crippen molar-refractivity contribution in [2.45, 2.75) is 32.3 Å². The summed E-state index contributed by atoms with van der Waals surface area (Å²) in [6.45, 7) is 17.5. The van der Waals surface area contributed by atoms with E-state index in [0.29, 0.717) is 0 Å². The van der Waals surface area contributed by atoms with Crippen LogP contribution >= 0.6 is 0 Å². The van der Waals surface area contributed by atoms with Gasteiger partial charge in [0, 0.05) is 5.56 Å². The van der Waals surface area contributed by atoms with Crippen LogP contribution in [0.5, 0.6) is 0 Å². The molecule has 23 heavy (non-hydrogen) atoms. The molecular weight excluding hydrogens is 336 g/mol. The van der Waals surface area contributed by atoms with Crippen molar-refractivity contribution < 1.29 is 41.2 Å². The molecule has 0 amide bonds. The van der Waals surface area contributed by atoms with Crippen molar-refractivity contribution in [3.63, 3.8) is 0 Å². The molecule has 1 aromatic carbocycles. The minimum atomic E-state index is -0.944. The number of aliphatic hydroxyl groups is 1. The first-order valence-corrected chi connectivity index (χ1v) is 6.50. The maximum atomic E-state index is 12.4. The van der Waals surface area contributed by atoms with Crippen molar-refractivity contribution in [1.29, 1.82) is 0 Å². The fraction of sp³-hybridized carbons (Fsp3) is 0.412. The second kappa shape index (κ2) is 9.68. The first kappa shape index (κ1) is 23.9. The van der Waals surface area contributed by atoms with E-state index in [9.17, 15) is 9.90 Å².